The molecule has 4 aromatic carbocycles. The van der Waals surface area contributed by atoms with Gasteiger partial charge in [0, 0.05) is 18.5 Å². The smallest absolute Gasteiger partial charge is 0.326 e. The lowest BCUT2D eigenvalue weighted by atomic mass is 10.0. The number of nitrogens with zero attached hydrogens (tertiary/aromatic N) is 1. The highest BCUT2D eigenvalue weighted by Crippen LogP contribution is 2.39. The summed E-state index contributed by atoms with van der Waals surface area (Å²) in [4.78, 5) is 39.1. The van der Waals surface area contributed by atoms with E-state index in [1.807, 2.05) is 54.6 Å². The summed E-state index contributed by atoms with van der Waals surface area (Å²) in [6, 6.07) is 26.3. The minimum Gasteiger partial charge on any atom is -0.493 e. The number of amides is 2. The predicted molar refractivity (Wildman–Crippen MR) is 168 cm³/mol. The van der Waals surface area contributed by atoms with Crippen LogP contribution in [0.4, 0.5) is 0 Å². The molecule has 0 aliphatic heterocycles. The number of primary amides is 1. The Kier molecular flexibility index (Phi) is 11.0. The molecule has 4 rings (SSSR count). The Bertz CT molecular complexity index is 1600. The van der Waals surface area contributed by atoms with E-state index in [-0.39, 0.29) is 24.9 Å². The molecule has 0 bridgehead atoms. The van der Waals surface area contributed by atoms with Crippen LogP contribution in [-0.2, 0) is 22.7 Å². The molecule has 45 heavy (non-hydrogen) atoms. The summed E-state index contributed by atoms with van der Waals surface area (Å²) in [5.74, 6) is -0.707. The molecular weight excluding hydrogens is 576 g/mol. The minimum absolute atomic E-state index is 0.117. The molecule has 0 spiro atoms. The second kappa shape index (κ2) is 15.3. The summed E-state index contributed by atoms with van der Waals surface area (Å²) in [6.45, 7) is 0.313. The van der Waals surface area contributed by atoms with Crippen molar-refractivity contribution < 1.29 is 38.4 Å². The van der Waals surface area contributed by atoms with Crippen LogP contribution in [0.15, 0.2) is 91.0 Å². The van der Waals surface area contributed by atoms with Crippen LogP contribution in [0.3, 0.4) is 0 Å². The van der Waals surface area contributed by atoms with Crippen molar-refractivity contribution >= 4 is 17.8 Å². The molecule has 3 N–H and O–H groups in total. The van der Waals surface area contributed by atoms with Crippen LogP contribution in [0.1, 0.15) is 34.3 Å². The summed E-state index contributed by atoms with van der Waals surface area (Å²) in [5, 5.41) is 10.1. The fourth-order valence-corrected chi connectivity index (χ4v) is 4.92. The molecule has 10 nitrogen and oxygen atoms in total. The van der Waals surface area contributed by atoms with E-state index in [2.05, 4.69) is 0 Å². The quantitative estimate of drug-likeness (QED) is 0.184. The van der Waals surface area contributed by atoms with Gasteiger partial charge in [0.05, 0.1) is 21.3 Å². The second-order valence-electron chi connectivity index (χ2n) is 10.2. The number of carbonyl (C=O) groups is 3. The molecule has 0 aliphatic carbocycles. The Labute approximate surface area is 261 Å². The highest BCUT2D eigenvalue weighted by molar-refractivity contribution is 5.97. The summed E-state index contributed by atoms with van der Waals surface area (Å²) >= 11 is 0. The second-order valence-corrected chi connectivity index (χ2v) is 10.2. The van der Waals surface area contributed by atoms with E-state index < -0.39 is 23.8 Å². The fraction of sp³-hybridized carbons (Fsp3) is 0.229. The summed E-state index contributed by atoms with van der Waals surface area (Å²) in [7, 11) is 4.39. The molecule has 4 aromatic rings. The normalized spacial score (nSPS) is 11.3. The van der Waals surface area contributed by atoms with Gasteiger partial charge in [-0.05, 0) is 65.1 Å². The third kappa shape index (κ3) is 8.32. The first-order valence-electron chi connectivity index (χ1n) is 14.2. The zero-order valence-corrected chi connectivity index (χ0v) is 25.4. The Balaban J connectivity index is 1.62. The number of rotatable bonds is 15. The van der Waals surface area contributed by atoms with Crippen LogP contribution in [0, 0.1) is 0 Å². The fourth-order valence-electron chi connectivity index (χ4n) is 4.92. The van der Waals surface area contributed by atoms with E-state index >= 15 is 0 Å². The van der Waals surface area contributed by atoms with Crippen LogP contribution in [0.5, 0.6) is 23.0 Å². The minimum atomic E-state index is -1.33. The van der Waals surface area contributed by atoms with Gasteiger partial charge in [0.25, 0.3) is 5.91 Å². The lowest BCUT2D eigenvalue weighted by molar-refractivity contribution is -0.143. The van der Waals surface area contributed by atoms with Gasteiger partial charge in [-0.1, -0.05) is 54.6 Å². The SMILES string of the molecule is COc1cc(CN(C(=O)c2ccc(-c3cccc(OCc4ccccc4)c3)cc2)[C@@H](CCC(N)=O)C(=O)O)cc(OC)c1OC. The number of ether oxygens (including phenoxy) is 4. The van der Waals surface area contributed by atoms with Gasteiger partial charge in [-0.25, -0.2) is 4.79 Å². The van der Waals surface area contributed by atoms with Crippen LogP contribution in [0.25, 0.3) is 11.1 Å². The Morgan fingerprint density at radius 3 is 2.02 bits per heavy atom. The summed E-state index contributed by atoms with van der Waals surface area (Å²) in [5.41, 5.74) is 8.92. The van der Waals surface area contributed by atoms with Crippen molar-refractivity contribution in [1.82, 2.24) is 4.90 Å². The molecule has 2 amide bonds. The van der Waals surface area contributed by atoms with E-state index in [4.69, 9.17) is 24.7 Å². The van der Waals surface area contributed by atoms with E-state index in [0.29, 0.717) is 35.2 Å². The Morgan fingerprint density at radius 2 is 1.44 bits per heavy atom. The number of aliphatic carboxylic acids is 1. The van der Waals surface area contributed by atoms with Gasteiger partial charge in [0.15, 0.2) is 11.5 Å². The van der Waals surface area contributed by atoms with E-state index in [0.717, 1.165) is 16.7 Å². The zero-order chi connectivity index (χ0) is 32.3. The monoisotopic (exact) mass is 612 g/mol. The van der Waals surface area contributed by atoms with E-state index in [1.54, 1.807) is 36.4 Å². The molecule has 0 aliphatic rings. The van der Waals surface area contributed by atoms with Crippen molar-refractivity contribution in [3.05, 3.63) is 108 Å². The molecule has 10 heteroatoms. The number of hydrogen-bond acceptors (Lipinski definition) is 7. The molecule has 0 saturated carbocycles. The average Bonchev–Trinajstić information content (AvgIpc) is 3.06. The predicted octanol–water partition coefficient (Wildman–Crippen LogP) is 5.32. The molecule has 0 unspecified atom stereocenters. The van der Waals surface area contributed by atoms with Crippen LogP contribution in [-0.4, -0.2) is 55.2 Å². The van der Waals surface area contributed by atoms with Crippen molar-refractivity contribution in [1.29, 1.82) is 0 Å². The average molecular weight is 613 g/mol. The van der Waals surface area contributed by atoms with Crippen molar-refractivity contribution in [2.45, 2.75) is 32.0 Å². The van der Waals surface area contributed by atoms with Crippen molar-refractivity contribution in [2.75, 3.05) is 21.3 Å². The lowest BCUT2D eigenvalue weighted by Gasteiger charge is -2.29. The van der Waals surface area contributed by atoms with Gasteiger partial charge in [0.1, 0.15) is 18.4 Å². The van der Waals surface area contributed by atoms with Crippen molar-refractivity contribution in [3.63, 3.8) is 0 Å². The number of nitrogens with two attached hydrogens (primary N) is 1. The first-order chi connectivity index (χ1) is 21.7. The van der Waals surface area contributed by atoms with Crippen molar-refractivity contribution in [3.8, 4) is 34.1 Å². The Hall–Kier alpha value is -5.51. The molecule has 0 fully saturated rings. The maximum absolute atomic E-state index is 13.9. The molecule has 0 radical (unpaired) electrons. The van der Waals surface area contributed by atoms with Crippen LogP contribution >= 0.6 is 0 Å². The lowest BCUT2D eigenvalue weighted by Crippen LogP contribution is -2.45. The van der Waals surface area contributed by atoms with Gasteiger partial charge < -0.3 is 34.7 Å². The number of carbonyl (C=O) groups excluding carboxylic acids is 2. The summed E-state index contributed by atoms with van der Waals surface area (Å²) in [6.07, 6.45) is -0.369. The van der Waals surface area contributed by atoms with Crippen molar-refractivity contribution in [2.24, 2.45) is 5.73 Å². The molecular formula is C35H36N2O8. The van der Waals surface area contributed by atoms with Crippen LogP contribution < -0.4 is 24.7 Å². The van der Waals surface area contributed by atoms with Gasteiger partial charge in [-0.3, -0.25) is 9.59 Å². The van der Waals surface area contributed by atoms with Crippen LogP contribution in [0.2, 0.25) is 0 Å². The maximum Gasteiger partial charge on any atom is 0.326 e. The largest absolute Gasteiger partial charge is 0.493 e. The number of hydrogen-bond donors (Lipinski definition) is 2. The number of benzene rings is 4. The standard InChI is InChI=1S/C35H36N2O8/c1-42-30-18-24(19-31(43-2)33(30)44-3)21-37(29(35(40)41)16-17-32(36)38)34(39)26-14-12-25(13-15-26)27-10-7-11-28(20-27)45-22-23-8-5-4-6-9-23/h4-15,18-20,29H,16-17,21-22H2,1-3H3,(H2,36,38)(H,40,41)/t29-/m0/s1. The third-order valence-electron chi connectivity index (χ3n) is 7.21. The summed E-state index contributed by atoms with van der Waals surface area (Å²) < 4.78 is 22.2. The van der Waals surface area contributed by atoms with Gasteiger partial charge in [-0.2, -0.15) is 0 Å². The molecule has 0 heterocycles. The Morgan fingerprint density at radius 1 is 0.778 bits per heavy atom. The first-order valence-corrected chi connectivity index (χ1v) is 14.2. The van der Waals surface area contributed by atoms with E-state index in [9.17, 15) is 19.5 Å². The highest BCUT2D eigenvalue weighted by Gasteiger charge is 2.31. The highest BCUT2D eigenvalue weighted by atomic mass is 16.5. The topological polar surface area (TPSA) is 138 Å². The zero-order valence-electron chi connectivity index (χ0n) is 25.4. The third-order valence-corrected chi connectivity index (χ3v) is 7.21. The van der Waals surface area contributed by atoms with Gasteiger partial charge in [-0.15, -0.1) is 0 Å². The van der Waals surface area contributed by atoms with Gasteiger partial charge in [0.2, 0.25) is 11.7 Å². The van der Waals surface area contributed by atoms with Gasteiger partial charge >= 0.3 is 5.97 Å². The molecule has 1 atom stereocenters. The number of carboxylic acids is 1. The first kappa shape index (κ1) is 32.4. The number of carboxylic acid groups (broad SMARTS) is 1. The van der Waals surface area contributed by atoms with E-state index in [1.165, 1.54) is 26.2 Å². The molecule has 0 aromatic heterocycles. The molecule has 234 valence electrons. The number of methoxy groups -OCH3 is 3. The molecule has 0 saturated heterocycles. The maximum atomic E-state index is 13.9.